The van der Waals surface area contributed by atoms with E-state index in [9.17, 15) is 9.18 Å². The molecule has 1 heterocycles. The fourth-order valence-corrected chi connectivity index (χ4v) is 1.18. The Kier molecular flexibility index (Phi) is 4.05. The zero-order valence-electron chi connectivity index (χ0n) is 9.16. The first-order valence-corrected chi connectivity index (χ1v) is 4.80. The number of halogens is 1. The number of carboxylic acid groups (broad SMARTS) is 1. The maximum absolute atomic E-state index is 12.4. The number of furan rings is 1. The zero-order valence-corrected chi connectivity index (χ0v) is 9.16. The molecule has 0 aliphatic carbocycles. The van der Waals surface area contributed by atoms with Crippen molar-refractivity contribution in [2.45, 2.75) is 20.3 Å². The van der Waals surface area contributed by atoms with Crippen molar-refractivity contribution in [2.24, 2.45) is 0 Å². The van der Waals surface area contributed by atoms with Crippen LogP contribution in [-0.2, 0) is 6.42 Å². The van der Waals surface area contributed by atoms with Gasteiger partial charge in [-0.3, -0.25) is 0 Å². The molecule has 0 amide bonds. The van der Waals surface area contributed by atoms with E-state index in [0.717, 1.165) is 5.57 Å². The van der Waals surface area contributed by atoms with Gasteiger partial charge in [0.2, 0.25) is 5.76 Å². The molecule has 0 fully saturated rings. The highest BCUT2D eigenvalue weighted by atomic mass is 19.1. The fraction of sp³-hybridized carbons (Fsp3) is 0.250. The van der Waals surface area contributed by atoms with E-state index in [1.165, 1.54) is 19.1 Å². The van der Waals surface area contributed by atoms with Crippen LogP contribution in [0.4, 0.5) is 4.39 Å². The smallest absolute Gasteiger partial charge is 0.371 e. The Morgan fingerprint density at radius 1 is 1.44 bits per heavy atom. The summed E-state index contributed by atoms with van der Waals surface area (Å²) >= 11 is 0. The second-order valence-electron chi connectivity index (χ2n) is 3.51. The molecule has 0 saturated heterocycles. The fourth-order valence-electron chi connectivity index (χ4n) is 1.18. The first-order chi connectivity index (χ1) is 7.49. The molecule has 4 heteroatoms. The standard InChI is InChI=1S/C12H13FO3/c1-8(3-4-9(2)13)7-10-5-6-11(16-10)12(14)15/h3-6H,7H2,1-2H3,(H,14,15)/b8-3+,9-4+. The summed E-state index contributed by atoms with van der Waals surface area (Å²) in [7, 11) is 0. The van der Waals surface area contributed by atoms with Gasteiger partial charge >= 0.3 is 5.97 Å². The second kappa shape index (κ2) is 5.30. The predicted molar refractivity (Wildman–Crippen MR) is 58.0 cm³/mol. The lowest BCUT2D eigenvalue weighted by Crippen LogP contribution is -1.92. The van der Waals surface area contributed by atoms with Crippen molar-refractivity contribution in [2.75, 3.05) is 0 Å². The number of carbonyl (C=O) groups is 1. The molecular formula is C12H13FO3. The largest absolute Gasteiger partial charge is 0.475 e. The third-order valence-electron chi connectivity index (χ3n) is 1.92. The molecule has 0 aromatic carbocycles. The van der Waals surface area contributed by atoms with Gasteiger partial charge < -0.3 is 9.52 Å². The van der Waals surface area contributed by atoms with Crippen molar-refractivity contribution < 1.29 is 18.7 Å². The minimum absolute atomic E-state index is 0.0833. The lowest BCUT2D eigenvalue weighted by molar-refractivity contribution is 0.0660. The van der Waals surface area contributed by atoms with Gasteiger partial charge in [-0.2, -0.15) is 0 Å². The van der Waals surface area contributed by atoms with Crippen LogP contribution in [0.2, 0.25) is 0 Å². The summed E-state index contributed by atoms with van der Waals surface area (Å²) in [6.45, 7) is 3.18. The van der Waals surface area contributed by atoms with E-state index in [2.05, 4.69) is 0 Å². The quantitative estimate of drug-likeness (QED) is 0.798. The van der Waals surface area contributed by atoms with Crippen LogP contribution in [0.15, 0.2) is 40.1 Å². The predicted octanol–water partition coefficient (Wildman–Crippen LogP) is 3.34. The van der Waals surface area contributed by atoms with Crippen LogP contribution in [0.1, 0.15) is 30.2 Å². The van der Waals surface area contributed by atoms with E-state index < -0.39 is 5.97 Å². The van der Waals surface area contributed by atoms with Crippen LogP contribution >= 0.6 is 0 Å². The topological polar surface area (TPSA) is 50.4 Å². The molecule has 0 unspecified atom stereocenters. The second-order valence-corrected chi connectivity index (χ2v) is 3.51. The number of allylic oxidation sites excluding steroid dienone is 4. The summed E-state index contributed by atoms with van der Waals surface area (Å²) in [5, 5.41) is 8.64. The lowest BCUT2D eigenvalue weighted by Gasteiger charge is -1.96. The Hall–Kier alpha value is -1.84. The molecule has 1 N–H and O–H groups in total. The molecule has 16 heavy (non-hydrogen) atoms. The number of carboxylic acids is 1. The summed E-state index contributed by atoms with van der Waals surface area (Å²) in [5.41, 5.74) is 0.892. The number of hydrogen-bond acceptors (Lipinski definition) is 2. The molecule has 0 radical (unpaired) electrons. The van der Waals surface area contributed by atoms with Gasteiger partial charge in [-0.05, 0) is 32.1 Å². The van der Waals surface area contributed by atoms with E-state index in [1.54, 1.807) is 12.1 Å². The summed E-state index contributed by atoms with van der Waals surface area (Å²) in [5.74, 6) is -0.895. The molecule has 1 rings (SSSR count). The van der Waals surface area contributed by atoms with Gasteiger partial charge in [0, 0.05) is 6.42 Å². The highest BCUT2D eigenvalue weighted by Crippen LogP contribution is 2.12. The monoisotopic (exact) mass is 224 g/mol. The minimum atomic E-state index is -1.09. The molecule has 0 atom stereocenters. The van der Waals surface area contributed by atoms with E-state index in [1.807, 2.05) is 6.92 Å². The number of hydrogen-bond donors (Lipinski definition) is 1. The molecule has 3 nitrogen and oxygen atoms in total. The van der Waals surface area contributed by atoms with Gasteiger partial charge in [-0.1, -0.05) is 11.6 Å². The SMILES string of the molecule is C/C(F)=C\C=C(/C)Cc1ccc(C(=O)O)o1. The lowest BCUT2D eigenvalue weighted by atomic mass is 10.1. The number of rotatable bonds is 4. The van der Waals surface area contributed by atoms with Crippen molar-refractivity contribution in [3.8, 4) is 0 Å². The highest BCUT2D eigenvalue weighted by Gasteiger charge is 2.08. The Balaban J connectivity index is 2.70. The third-order valence-corrected chi connectivity index (χ3v) is 1.92. The van der Waals surface area contributed by atoms with Crippen molar-refractivity contribution in [1.82, 2.24) is 0 Å². The zero-order chi connectivity index (χ0) is 12.1. The van der Waals surface area contributed by atoms with Gasteiger partial charge in [-0.25, -0.2) is 9.18 Å². The molecule has 86 valence electrons. The molecule has 0 aliphatic rings. The van der Waals surface area contributed by atoms with Crippen LogP contribution in [-0.4, -0.2) is 11.1 Å². The van der Waals surface area contributed by atoms with Crippen molar-refractivity contribution >= 4 is 5.97 Å². The Bertz CT molecular complexity index is 437. The molecule has 0 saturated carbocycles. The van der Waals surface area contributed by atoms with Gasteiger partial charge in [0.1, 0.15) is 5.76 Å². The van der Waals surface area contributed by atoms with E-state index in [4.69, 9.17) is 9.52 Å². The van der Waals surface area contributed by atoms with Crippen molar-refractivity contribution in [1.29, 1.82) is 0 Å². The average Bonchev–Trinajstić information content (AvgIpc) is 2.63. The maximum Gasteiger partial charge on any atom is 0.371 e. The molecule has 0 bridgehead atoms. The van der Waals surface area contributed by atoms with Gasteiger partial charge in [0.25, 0.3) is 0 Å². The van der Waals surface area contributed by atoms with Crippen LogP contribution in [0.5, 0.6) is 0 Å². The Morgan fingerprint density at radius 2 is 2.12 bits per heavy atom. The Labute approximate surface area is 92.9 Å². The third kappa shape index (κ3) is 3.73. The summed E-state index contributed by atoms with van der Waals surface area (Å²) in [6, 6.07) is 3.01. The minimum Gasteiger partial charge on any atom is -0.475 e. The van der Waals surface area contributed by atoms with Crippen LogP contribution in [0.3, 0.4) is 0 Å². The summed E-state index contributed by atoms with van der Waals surface area (Å²) < 4.78 is 17.5. The molecule has 0 aliphatic heterocycles. The highest BCUT2D eigenvalue weighted by molar-refractivity contribution is 5.84. The van der Waals surface area contributed by atoms with Crippen LogP contribution in [0, 0.1) is 0 Å². The molecule has 0 spiro atoms. The first kappa shape index (κ1) is 12.2. The van der Waals surface area contributed by atoms with Crippen LogP contribution in [0.25, 0.3) is 0 Å². The normalized spacial score (nSPS) is 12.9. The maximum atomic E-state index is 12.4. The van der Waals surface area contributed by atoms with E-state index in [0.29, 0.717) is 12.2 Å². The Morgan fingerprint density at radius 3 is 2.62 bits per heavy atom. The van der Waals surface area contributed by atoms with Gasteiger partial charge in [0.05, 0.1) is 5.83 Å². The molecular weight excluding hydrogens is 211 g/mol. The van der Waals surface area contributed by atoms with Gasteiger partial charge in [-0.15, -0.1) is 0 Å². The first-order valence-electron chi connectivity index (χ1n) is 4.80. The average molecular weight is 224 g/mol. The van der Waals surface area contributed by atoms with Gasteiger partial charge in [0.15, 0.2) is 0 Å². The van der Waals surface area contributed by atoms with Crippen molar-refractivity contribution in [3.63, 3.8) is 0 Å². The van der Waals surface area contributed by atoms with E-state index >= 15 is 0 Å². The van der Waals surface area contributed by atoms with E-state index in [-0.39, 0.29) is 11.6 Å². The summed E-state index contributed by atoms with van der Waals surface area (Å²) in [6.07, 6.45) is 3.46. The number of aromatic carboxylic acids is 1. The van der Waals surface area contributed by atoms with Crippen LogP contribution < -0.4 is 0 Å². The molecule has 1 aromatic heterocycles. The van der Waals surface area contributed by atoms with Crippen molar-refractivity contribution in [3.05, 3.63) is 47.2 Å². The summed E-state index contributed by atoms with van der Waals surface area (Å²) in [4.78, 5) is 10.5. The molecule has 1 aromatic rings.